The Labute approximate surface area is 111 Å². The molecule has 1 aromatic rings. The van der Waals surface area contributed by atoms with Crippen LogP contribution in [-0.2, 0) is 13.6 Å². The van der Waals surface area contributed by atoms with Gasteiger partial charge in [0, 0.05) is 32.0 Å². The van der Waals surface area contributed by atoms with Gasteiger partial charge in [-0.05, 0) is 26.9 Å². The summed E-state index contributed by atoms with van der Waals surface area (Å²) in [7, 11) is 4.21. The molecule has 1 N–H and O–H groups in total. The maximum absolute atomic E-state index is 4.36. The van der Waals surface area contributed by atoms with Crippen molar-refractivity contribution in [3.63, 3.8) is 0 Å². The van der Waals surface area contributed by atoms with Crippen molar-refractivity contribution in [2.24, 2.45) is 7.05 Å². The van der Waals surface area contributed by atoms with Gasteiger partial charge in [-0.15, -0.1) is 0 Å². The molecule has 1 aromatic heterocycles. The molecule has 0 spiro atoms. The predicted molar refractivity (Wildman–Crippen MR) is 76.5 cm³/mol. The van der Waals surface area contributed by atoms with Crippen LogP contribution in [0.15, 0.2) is 12.4 Å². The minimum absolute atomic E-state index is 0.531. The summed E-state index contributed by atoms with van der Waals surface area (Å²) in [4.78, 5) is 6.70. The molecule has 4 nitrogen and oxygen atoms in total. The van der Waals surface area contributed by atoms with Crippen molar-refractivity contribution >= 4 is 0 Å². The first-order chi connectivity index (χ1) is 8.65. The third-order valence-electron chi connectivity index (χ3n) is 3.46. The lowest BCUT2D eigenvalue weighted by Gasteiger charge is -2.24. The van der Waals surface area contributed by atoms with E-state index in [1.807, 2.05) is 19.4 Å². The average Bonchev–Trinajstić information content (AvgIpc) is 2.74. The summed E-state index contributed by atoms with van der Waals surface area (Å²) in [6.45, 7) is 7.58. The number of aryl methyl sites for hydroxylation is 1. The van der Waals surface area contributed by atoms with Gasteiger partial charge in [0.25, 0.3) is 0 Å². The third kappa shape index (κ3) is 5.19. The molecule has 0 fully saturated rings. The van der Waals surface area contributed by atoms with Crippen molar-refractivity contribution in [2.45, 2.75) is 45.7 Å². The second-order valence-corrected chi connectivity index (χ2v) is 5.13. The highest BCUT2D eigenvalue weighted by Gasteiger charge is 2.11. The normalized spacial score (nSPS) is 13.2. The first kappa shape index (κ1) is 15.2. The molecule has 0 amide bonds. The molecule has 18 heavy (non-hydrogen) atoms. The Morgan fingerprint density at radius 3 is 2.83 bits per heavy atom. The Morgan fingerprint density at radius 1 is 1.44 bits per heavy atom. The first-order valence-corrected chi connectivity index (χ1v) is 7.02. The highest BCUT2D eigenvalue weighted by atomic mass is 15.2. The van der Waals surface area contributed by atoms with Crippen molar-refractivity contribution in [3.05, 3.63) is 18.2 Å². The molecule has 1 heterocycles. The summed E-state index contributed by atoms with van der Waals surface area (Å²) in [6.07, 6.45) is 7.75. The maximum atomic E-state index is 4.36. The third-order valence-corrected chi connectivity index (χ3v) is 3.46. The van der Waals surface area contributed by atoms with Gasteiger partial charge in [-0.1, -0.05) is 19.8 Å². The summed E-state index contributed by atoms with van der Waals surface area (Å²) < 4.78 is 2.08. The zero-order chi connectivity index (χ0) is 13.4. The molecular formula is C14H28N4. The maximum Gasteiger partial charge on any atom is 0.122 e. The van der Waals surface area contributed by atoms with E-state index in [2.05, 4.69) is 40.7 Å². The zero-order valence-electron chi connectivity index (χ0n) is 12.3. The van der Waals surface area contributed by atoms with Gasteiger partial charge < -0.3 is 9.88 Å². The quantitative estimate of drug-likeness (QED) is 0.683. The van der Waals surface area contributed by atoms with E-state index in [0.29, 0.717) is 6.04 Å². The molecule has 0 bridgehead atoms. The topological polar surface area (TPSA) is 33.1 Å². The van der Waals surface area contributed by atoms with E-state index in [1.165, 1.54) is 19.3 Å². The van der Waals surface area contributed by atoms with Gasteiger partial charge in [0.15, 0.2) is 0 Å². The number of hydrogen-bond acceptors (Lipinski definition) is 3. The predicted octanol–water partition coefficient (Wildman–Crippen LogP) is 2.02. The molecule has 0 aliphatic heterocycles. The average molecular weight is 252 g/mol. The van der Waals surface area contributed by atoms with E-state index in [0.717, 1.165) is 25.5 Å². The number of aromatic nitrogens is 2. The smallest absolute Gasteiger partial charge is 0.122 e. The fourth-order valence-electron chi connectivity index (χ4n) is 1.89. The molecule has 1 atom stereocenters. The SMILES string of the molecule is CCCCCNCC(C)N(C)Cc1nccn1C. The zero-order valence-corrected chi connectivity index (χ0v) is 12.3. The molecule has 1 rings (SSSR count). The summed E-state index contributed by atoms with van der Waals surface area (Å²) in [6, 6.07) is 0.531. The molecule has 0 aliphatic rings. The standard InChI is InChI=1S/C14H28N4/c1-5-6-7-8-15-11-13(2)18(4)12-14-16-9-10-17(14)3/h9-10,13,15H,5-8,11-12H2,1-4H3. The fourth-order valence-corrected chi connectivity index (χ4v) is 1.89. The van der Waals surface area contributed by atoms with Crippen LogP contribution in [0.3, 0.4) is 0 Å². The lowest BCUT2D eigenvalue weighted by atomic mass is 10.2. The fraction of sp³-hybridized carbons (Fsp3) is 0.786. The van der Waals surface area contributed by atoms with Crippen molar-refractivity contribution in [3.8, 4) is 0 Å². The molecule has 0 saturated carbocycles. The van der Waals surface area contributed by atoms with E-state index >= 15 is 0 Å². The van der Waals surface area contributed by atoms with E-state index in [1.54, 1.807) is 0 Å². The summed E-state index contributed by atoms with van der Waals surface area (Å²) >= 11 is 0. The molecule has 0 aliphatic carbocycles. The van der Waals surface area contributed by atoms with Gasteiger partial charge in [0.05, 0.1) is 6.54 Å². The minimum atomic E-state index is 0.531. The lowest BCUT2D eigenvalue weighted by Crippen LogP contribution is -2.38. The van der Waals surface area contributed by atoms with Crippen molar-refractivity contribution in [1.29, 1.82) is 0 Å². The molecule has 1 unspecified atom stereocenters. The number of nitrogens with one attached hydrogen (secondary N) is 1. The number of rotatable bonds is 9. The van der Waals surface area contributed by atoms with Gasteiger partial charge in [-0.2, -0.15) is 0 Å². The van der Waals surface area contributed by atoms with Crippen LogP contribution in [0.1, 0.15) is 38.9 Å². The second-order valence-electron chi connectivity index (χ2n) is 5.13. The van der Waals surface area contributed by atoms with E-state index in [4.69, 9.17) is 0 Å². The monoisotopic (exact) mass is 252 g/mol. The Morgan fingerprint density at radius 2 is 2.22 bits per heavy atom. The van der Waals surface area contributed by atoms with Crippen molar-refractivity contribution in [2.75, 3.05) is 20.1 Å². The molecule has 4 heteroatoms. The number of likely N-dealkylation sites (N-methyl/N-ethyl adjacent to an activating group) is 1. The Balaban J connectivity index is 2.20. The van der Waals surface area contributed by atoms with Crippen LogP contribution in [0.2, 0.25) is 0 Å². The second kappa shape index (κ2) is 8.27. The van der Waals surface area contributed by atoms with Crippen molar-refractivity contribution < 1.29 is 0 Å². The van der Waals surface area contributed by atoms with Gasteiger partial charge in [0.2, 0.25) is 0 Å². The Hall–Kier alpha value is -0.870. The Bertz CT molecular complexity index is 321. The molecule has 0 aromatic carbocycles. The number of unbranched alkanes of at least 4 members (excludes halogenated alkanes) is 2. The highest BCUT2D eigenvalue weighted by molar-refractivity contribution is 4.91. The first-order valence-electron chi connectivity index (χ1n) is 7.02. The van der Waals surface area contributed by atoms with Crippen LogP contribution < -0.4 is 5.32 Å². The molecule has 0 radical (unpaired) electrons. The van der Waals surface area contributed by atoms with E-state index in [9.17, 15) is 0 Å². The van der Waals surface area contributed by atoms with Crippen molar-refractivity contribution in [1.82, 2.24) is 19.8 Å². The summed E-state index contributed by atoms with van der Waals surface area (Å²) in [5.74, 6) is 1.12. The number of hydrogen-bond donors (Lipinski definition) is 1. The molecule has 0 saturated heterocycles. The van der Waals surface area contributed by atoms with Gasteiger partial charge in [0.1, 0.15) is 5.82 Å². The van der Waals surface area contributed by atoms with Crippen LogP contribution in [-0.4, -0.2) is 40.6 Å². The molecular weight excluding hydrogens is 224 g/mol. The highest BCUT2D eigenvalue weighted by Crippen LogP contribution is 2.03. The number of imidazole rings is 1. The van der Waals surface area contributed by atoms with E-state index < -0.39 is 0 Å². The van der Waals surface area contributed by atoms with Crippen LogP contribution >= 0.6 is 0 Å². The molecule has 104 valence electrons. The van der Waals surface area contributed by atoms with E-state index in [-0.39, 0.29) is 0 Å². The number of nitrogens with zero attached hydrogens (tertiary/aromatic N) is 3. The summed E-state index contributed by atoms with van der Waals surface area (Å²) in [5.41, 5.74) is 0. The van der Waals surface area contributed by atoms with Crippen LogP contribution in [0.25, 0.3) is 0 Å². The lowest BCUT2D eigenvalue weighted by molar-refractivity contribution is 0.235. The van der Waals surface area contributed by atoms with Gasteiger partial charge in [-0.3, -0.25) is 4.90 Å². The van der Waals surface area contributed by atoms with Gasteiger partial charge in [-0.25, -0.2) is 4.98 Å². The van der Waals surface area contributed by atoms with Crippen LogP contribution in [0, 0.1) is 0 Å². The Kier molecular flexibility index (Phi) is 6.98. The minimum Gasteiger partial charge on any atom is -0.337 e. The summed E-state index contributed by atoms with van der Waals surface area (Å²) in [5, 5.41) is 3.53. The van der Waals surface area contributed by atoms with Crippen LogP contribution in [0.4, 0.5) is 0 Å². The largest absolute Gasteiger partial charge is 0.337 e. The van der Waals surface area contributed by atoms with Crippen LogP contribution in [0.5, 0.6) is 0 Å². The van der Waals surface area contributed by atoms with Gasteiger partial charge >= 0.3 is 0 Å².